The van der Waals surface area contributed by atoms with E-state index in [4.69, 9.17) is 0 Å². The Morgan fingerprint density at radius 2 is 1.75 bits per heavy atom. The van der Waals surface area contributed by atoms with Crippen LogP contribution in [0.15, 0.2) is 0 Å². The zero-order chi connectivity index (χ0) is 14.3. The molecule has 0 aromatic carbocycles. The molecule has 7 heteroatoms. The first-order chi connectivity index (χ1) is 9.49. The Kier molecular flexibility index (Phi) is 3.77. The highest BCUT2D eigenvalue weighted by Gasteiger charge is 2.52. The van der Waals surface area contributed by atoms with E-state index in [-0.39, 0.29) is 11.8 Å². The van der Waals surface area contributed by atoms with E-state index in [9.17, 15) is 18.3 Å². The van der Waals surface area contributed by atoms with E-state index in [2.05, 4.69) is 4.72 Å². The average Bonchev–Trinajstić information content (AvgIpc) is 3.00. The number of carboxylic acid groups (broad SMARTS) is 1. The quantitative estimate of drug-likeness (QED) is 0.804. The topological polar surface area (TPSA) is 86.7 Å². The second-order valence-corrected chi connectivity index (χ2v) is 8.01. The maximum atomic E-state index is 12.4. The summed E-state index contributed by atoms with van der Waals surface area (Å²) in [5, 5.41) is 9.36. The highest BCUT2D eigenvalue weighted by Crippen LogP contribution is 2.48. The summed E-state index contributed by atoms with van der Waals surface area (Å²) < 4.78 is 29.0. The first-order valence-electron chi connectivity index (χ1n) is 7.49. The minimum absolute atomic E-state index is 0.145. The Morgan fingerprint density at radius 1 is 1.10 bits per heavy atom. The van der Waals surface area contributed by atoms with E-state index in [1.54, 1.807) is 0 Å². The maximum absolute atomic E-state index is 12.4. The molecule has 4 atom stereocenters. The minimum Gasteiger partial charge on any atom is -0.481 e. The summed E-state index contributed by atoms with van der Waals surface area (Å²) >= 11 is 0. The third kappa shape index (κ3) is 2.46. The van der Waals surface area contributed by atoms with Crippen molar-refractivity contribution >= 4 is 16.2 Å². The van der Waals surface area contributed by atoms with Crippen molar-refractivity contribution in [1.29, 1.82) is 0 Å². The Labute approximate surface area is 119 Å². The molecule has 1 saturated heterocycles. The molecule has 3 rings (SSSR count). The van der Waals surface area contributed by atoms with E-state index < -0.39 is 28.1 Å². The van der Waals surface area contributed by atoms with E-state index in [1.807, 2.05) is 0 Å². The molecular weight excluding hydrogens is 280 g/mol. The fourth-order valence-corrected chi connectivity index (χ4v) is 5.74. The molecule has 4 unspecified atom stereocenters. The van der Waals surface area contributed by atoms with Crippen LogP contribution in [0.1, 0.15) is 38.5 Å². The first-order valence-corrected chi connectivity index (χ1v) is 8.93. The van der Waals surface area contributed by atoms with E-state index in [1.165, 1.54) is 4.31 Å². The number of aliphatic carboxylic acids is 1. The maximum Gasteiger partial charge on any atom is 0.308 e. The molecule has 114 valence electrons. The van der Waals surface area contributed by atoms with E-state index >= 15 is 0 Å². The van der Waals surface area contributed by atoms with Crippen LogP contribution >= 0.6 is 0 Å². The minimum atomic E-state index is -3.54. The zero-order valence-electron chi connectivity index (χ0n) is 11.5. The van der Waals surface area contributed by atoms with Crippen LogP contribution in [0, 0.1) is 17.8 Å². The van der Waals surface area contributed by atoms with Gasteiger partial charge in [-0.1, -0.05) is 6.42 Å². The molecule has 0 aromatic rings. The molecule has 20 heavy (non-hydrogen) atoms. The summed E-state index contributed by atoms with van der Waals surface area (Å²) in [5.74, 6) is -1.07. The molecule has 1 aliphatic heterocycles. The van der Waals surface area contributed by atoms with Crippen molar-refractivity contribution < 1.29 is 18.3 Å². The molecular formula is C13H22N2O4S. The molecule has 2 bridgehead atoms. The van der Waals surface area contributed by atoms with Gasteiger partial charge in [0, 0.05) is 19.1 Å². The van der Waals surface area contributed by atoms with Crippen LogP contribution in [0.5, 0.6) is 0 Å². The van der Waals surface area contributed by atoms with Gasteiger partial charge in [-0.3, -0.25) is 4.79 Å². The third-order valence-electron chi connectivity index (χ3n) is 5.14. The normalized spacial score (nSPS) is 38.2. The Bertz CT molecular complexity index is 487. The Balaban J connectivity index is 1.74. The van der Waals surface area contributed by atoms with Gasteiger partial charge in [0.25, 0.3) is 10.2 Å². The molecule has 3 fully saturated rings. The predicted octanol–water partition coefficient (Wildman–Crippen LogP) is 0.806. The van der Waals surface area contributed by atoms with Gasteiger partial charge < -0.3 is 5.11 Å². The van der Waals surface area contributed by atoms with Gasteiger partial charge in [0.15, 0.2) is 0 Å². The summed E-state index contributed by atoms with van der Waals surface area (Å²) in [6.45, 7) is 1.10. The van der Waals surface area contributed by atoms with Gasteiger partial charge in [-0.05, 0) is 43.9 Å². The number of carbonyl (C=O) groups is 1. The van der Waals surface area contributed by atoms with Crippen LogP contribution in [0.3, 0.4) is 0 Å². The van der Waals surface area contributed by atoms with Crippen molar-refractivity contribution in [1.82, 2.24) is 9.03 Å². The largest absolute Gasteiger partial charge is 0.481 e. The SMILES string of the molecule is O=C(O)C1C2CCC(C2)C1NS(=O)(=O)N1CCCCC1. The first kappa shape index (κ1) is 14.3. The standard InChI is InChI=1S/C13H22N2O4S/c16-13(17)11-9-4-5-10(8-9)12(11)14-20(18,19)15-6-2-1-3-7-15/h9-12,14H,1-8H2,(H,16,17). The van der Waals surface area contributed by atoms with Gasteiger partial charge in [-0.2, -0.15) is 17.4 Å². The number of piperidine rings is 1. The Hall–Kier alpha value is -0.660. The van der Waals surface area contributed by atoms with E-state index in [0.717, 1.165) is 38.5 Å². The smallest absolute Gasteiger partial charge is 0.308 e. The second-order valence-electron chi connectivity index (χ2n) is 6.31. The molecule has 6 nitrogen and oxygen atoms in total. The summed E-state index contributed by atoms with van der Waals surface area (Å²) in [7, 11) is -3.54. The van der Waals surface area contributed by atoms with Gasteiger partial charge >= 0.3 is 5.97 Å². The van der Waals surface area contributed by atoms with Gasteiger partial charge in [0.2, 0.25) is 0 Å². The van der Waals surface area contributed by atoms with Crippen molar-refractivity contribution in [2.75, 3.05) is 13.1 Å². The van der Waals surface area contributed by atoms with Crippen molar-refractivity contribution in [2.45, 2.75) is 44.6 Å². The number of hydrogen-bond acceptors (Lipinski definition) is 3. The number of hydrogen-bond donors (Lipinski definition) is 2. The molecule has 3 aliphatic rings. The lowest BCUT2D eigenvalue weighted by molar-refractivity contribution is -0.144. The predicted molar refractivity (Wildman–Crippen MR) is 73.2 cm³/mol. The zero-order valence-corrected chi connectivity index (χ0v) is 12.3. The molecule has 1 heterocycles. The third-order valence-corrected chi connectivity index (χ3v) is 6.76. The summed E-state index contributed by atoms with van der Waals surface area (Å²) in [6, 6.07) is -0.418. The average molecular weight is 302 g/mol. The highest BCUT2D eigenvalue weighted by atomic mass is 32.2. The molecule has 2 saturated carbocycles. The lowest BCUT2D eigenvalue weighted by Crippen LogP contribution is -2.52. The summed E-state index contributed by atoms with van der Waals surface area (Å²) in [4.78, 5) is 11.4. The number of carboxylic acids is 1. The summed E-state index contributed by atoms with van der Waals surface area (Å²) in [6.07, 6.45) is 5.56. The second kappa shape index (κ2) is 5.27. The summed E-state index contributed by atoms with van der Waals surface area (Å²) in [5.41, 5.74) is 0. The number of nitrogens with zero attached hydrogens (tertiary/aromatic N) is 1. The monoisotopic (exact) mass is 302 g/mol. The molecule has 0 spiro atoms. The van der Waals surface area contributed by atoms with Crippen molar-refractivity contribution in [3.05, 3.63) is 0 Å². The van der Waals surface area contributed by atoms with Crippen molar-refractivity contribution in [3.8, 4) is 0 Å². The number of rotatable bonds is 4. The fourth-order valence-electron chi connectivity index (χ4n) is 4.17. The number of fused-ring (bicyclic) bond motifs is 2. The Morgan fingerprint density at radius 3 is 2.40 bits per heavy atom. The molecule has 2 aliphatic carbocycles. The molecule has 0 radical (unpaired) electrons. The lowest BCUT2D eigenvalue weighted by Gasteiger charge is -2.32. The van der Waals surface area contributed by atoms with Gasteiger partial charge in [0.05, 0.1) is 5.92 Å². The molecule has 0 aromatic heterocycles. The van der Waals surface area contributed by atoms with Crippen LogP contribution in [0.4, 0.5) is 0 Å². The van der Waals surface area contributed by atoms with Crippen molar-refractivity contribution in [3.63, 3.8) is 0 Å². The van der Waals surface area contributed by atoms with Crippen LogP contribution in [-0.4, -0.2) is 42.9 Å². The number of nitrogens with one attached hydrogen (secondary N) is 1. The van der Waals surface area contributed by atoms with Gasteiger partial charge in [0.1, 0.15) is 0 Å². The highest BCUT2D eigenvalue weighted by molar-refractivity contribution is 7.87. The molecule has 2 N–H and O–H groups in total. The lowest BCUT2D eigenvalue weighted by atomic mass is 9.85. The van der Waals surface area contributed by atoms with E-state index in [0.29, 0.717) is 13.1 Å². The van der Waals surface area contributed by atoms with Gasteiger partial charge in [-0.15, -0.1) is 0 Å². The van der Waals surface area contributed by atoms with Crippen LogP contribution in [0.25, 0.3) is 0 Å². The van der Waals surface area contributed by atoms with Crippen LogP contribution in [0.2, 0.25) is 0 Å². The van der Waals surface area contributed by atoms with Crippen LogP contribution in [-0.2, 0) is 15.0 Å². The molecule has 0 amide bonds. The van der Waals surface area contributed by atoms with Gasteiger partial charge in [-0.25, -0.2) is 0 Å². The van der Waals surface area contributed by atoms with Crippen LogP contribution < -0.4 is 4.72 Å². The van der Waals surface area contributed by atoms with Crippen molar-refractivity contribution in [2.24, 2.45) is 17.8 Å². The fraction of sp³-hybridized carbons (Fsp3) is 0.923.